The van der Waals surface area contributed by atoms with E-state index >= 15 is 0 Å². The van der Waals surface area contributed by atoms with Gasteiger partial charge < -0.3 is 14.2 Å². The Labute approximate surface area is 107 Å². The molecule has 2 atom stereocenters. The van der Waals surface area contributed by atoms with Crippen molar-refractivity contribution in [2.24, 2.45) is 0 Å². The summed E-state index contributed by atoms with van der Waals surface area (Å²) >= 11 is 2.28. The summed E-state index contributed by atoms with van der Waals surface area (Å²) in [6.07, 6.45) is 0.473. The Morgan fingerprint density at radius 1 is 1.31 bits per heavy atom. The van der Waals surface area contributed by atoms with Crippen molar-refractivity contribution >= 4 is 29.1 Å². The van der Waals surface area contributed by atoms with Crippen LogP contribution in [0.25, 0.3) is 0 Å². The lowest BCUT2D eigenvalue weighted by molar-refractivity contribution is -0.120. The topological polar surface area (TPSA) is 48.1 Å². The lowest BCUT2D eigenvalue weighted by Gasteiger charge is -2.07. The molecule has 16 heavy (non-hydrogen) atoms. The van der Waals surface area contributed by atoms with Crippen molar-refractivity contribution in [3.63, 3.8) is 0 Å². The zero-order valence-electron chi connectivity index (χ0n) is 8.47. The molecule has 0 aliphatic carbocycles. The van der Waals surface area contributed by atoms with E-state index in [2.05, 4.69) is 22.6 Å². The quantitative estimate of drug-likeness (QED) is 0.345. The maximum atomic E-state index is 10.3. The van der Waals surface area contributed by atoms with Gasteiger partial charge in [0, 0.05) is 4.43 Å². The van der Waals surface area contributed by atoms with E-state index in [4.69, 9.17) is 14.2 Å². The van der Waals surface area contributed by atoms with Gasteiger partial charge >= 0.3 is 0 Å². The van der Waals surface area contributed by atoms with Gasteiger partial charge in [-0.15, -0.1) is 0 Å². The van der Waals surface area contributed by atoms with Crippen LogP contribution < -0.4 is 9.47 Å². The van der Waals surface area contributed by atoms with E-state index in [1.54, 1.807) is 18.2 Å². The van der Waals surface area contributed by atoms with E-state index in [0.717, 1.165) is 4.43 Å². The Balaban J connectivity index is 1.90. The van der Waals surface area contributed by atoms with Crippen molar-refractivity contribution in [1.82, 2.24) is 0 Å². The van der Waals surface area contributed by atoms with Gasteiger partial charge in [-0.05, 0) is 12.1 Å². The zero-order chi connectivity index (χ0) is 11.4. The molecule has 1 fully saturated rings. The van der Waals surface area contributed by atoms with Crippen molar-refractivity contribution in [1.29, 1.82) is 0 Å². The number of carbonyl (C=O) groups excluding carboxylic acids is 1. The number of hydrogen-bond donors (Lipinski definition) is 0. The highest BCUT2D eigenvalue weighted by atomic mass is 127. The van der Waals surface area contributed by atoms with E-state index in [-0.39, 0.29) is 6.10 Å². The van der Waals surface area contributed by atoms with Crippen LogP contribution in [0, 0.1) is 0 Å². The molecular formula is C11H11IO4. The van der Waals surface area contributed by atoms with Gasteiger partial charge in [-0.2, -0.15) is 0 Å². The molecule has 1 aliphatic rings. The minimum atomic E-state index is 0.168. The monoisotopic (exact) mass is 334 g/mol. The van der Waals surface area contributed by atoms with Gasteiger partial charge in [-0.1, -0.05) is 34.7 Å². The summed E-state index contributed by atoms with van der Waals surface area (Å²) in [5, 5.41) is 0. The minimum Gasteiger partial charge on any atom is -0.487 e. The predicted octanol–water partition coefficient (Wildman–Crippen LogP) is 1.80. The number of halogens is 1. The molecule has 86 valence electrons. The van der Waals surface area contributed by atoms with Crippen LogP contribution in [0.4, 0.5) is 0 Å². The maximum Gasteiger partial charge on any atom is 0.298 e. The van der Waals surface area contributed by atoms with Crippen molar-refractivity contribution in [3.05, 3.63) is 24.3 Å². The zero-order valence-corrected chi connectivity index (χ0v) is 10.6. The molecule has 1 aliphatic heterocycles. The average Bonchev–Trinajstić information content (AvgIpc) is 3.07. The molecule has 0 aromatic heterocycles. The van der Waals surface area contributed by atoms with Gasteiger partial charge in [0.25, 0.3) is 6.47 Å². The van der Waals surface area contributed by atoms with E-state index in [1.807, 2.05) is 6.07 Å². The van der Waals surface area contributed by atoms with Crippen LogP contribution in [0.5, 0.6) is 11.5 Å². The smallest absolute Gasteiger partial charge is 0.298 e. The Hall–Kier alpha value is -0.820. The number of alkyl halides is 1. The second-order valence-corrected chi connectivity index (χ2v) is 4.22. The molecule has 0 spiro atoms. The molecule has 1 heterocycles. The molecule has 2 rings (SSSR count). The van der Waals surface area contributed by atoms with Gasteiger partial charge in [0.1, 0.15) is 12.7 Å². The molecule has 0 saturated carbocycles. The highest BCUT2D eigenvalue weighted by molar-refractivity contribution is 14.1. The van der Waals surface area contributed by atoms with Crippen molar-refractivity contribution in [2.45, 2.75) is 12.2 Å². The Bertz CT molecular complexity index is 369. The molecule has 1 aromatic carbocycles. The summed E-state index contributed by atoms with van der Waals surface area (Å²) in [5.74, 6) is 1.00. The first-order chi connectivity index (χ1) is 7.85. The van der Waals surface area contributed by atoms with Crippen LogP contribution in [0.1, 0.15) is 0 Å². The van der Waals surface area contributed by atoms with Crippen LogP contribution in [0.3, 0.4) is 0 Å². The summed E-state index contributed by atoms with van der Waals surface area (Å²) < 4.78 is 16.6. The first kappa shape index (κ1) is 11.7. The second kappa shape index (κ2) is 5.49. The maximum absolute atomic E-state index is 10.3. The SMILES string of the molecule is O=COc1ccccc1OC[C@@H]1O[C@@H]1CI. The third kappa shape index (κ3) is 2.85. The van der Waals surface area contributed by atoms with E-state index < -0.39 is 0 Å². The van der Waals surface area contributed by atoms with Crippen molar-refractivity contribution in [2.75, 3.05) is 11.0 Å². The molecule has 1 aromatic rings. The van der Waals surface area contributed by atoms with Crippen LogP contribution in [0.15, 0.2) is 24.3 Å². The lowest BCUT2D eigenvalue weighted by Crippen LogP contribution is -2.08. The lowest BCUT2D eigenvalue weighted by atomic mass is 10.3. The highest BCUT2D eigenvalue weighted by Gasteiger charge is 2.38. The Kier molecular flexibility index (Phi) is 4.00. The number of hydrogen-bond acceptors (Lipinski definition) is 4. The van der Waals surface area contributed by atoms with Gasteiger partial charge in [0.05, 0.1) is 6.10 Å². The Morgan fingerprint density at radius 2 is 2.06 bits per heavy atom. The number of para-hydroxylation sites is 2. The van der Waals surface area contributed by atoms with Crippen molar-refractivity contribution in [3.8, 4) is 11.5 Å². The van der Waals surface area contributed by atoms with Gasteiger partial charge in [-0.3, -0.25) is 4.79 Å². The molecule has 1 saturated heterocycles. The summed E-state index contributed by atoms with van der Waals surface area (Å²) in [4.78, 5) is 10.3. The predicted molar refractivity (Wildman–Crippen MR) is 66.2 cm³/mol. The first-order valence-electron chi connectivity index (χ1n) is 4.88. The first-order valence-corrected chi connectivity index (χ1v) is 6.41. The standard InChI is InChI=1S/C11H11IO4/c12-5-10-11(16-10)6-14-8-3-1-2-4-9(8)15-7-13/h1-4,7,10-11H,5-6H2/t10-,11+/m1/s1. The van der Waals surface area contributed by atoms with Gasteiger partial charge in [0.15, 0.2) is 11.5 Å². The van der Waals surface area contributed by atoms with Gasteiger partial charge in [0.2, 0.25) is 0 Å². The third-order valence-corrected chi connectivity index (χ3v) is 3.14. The van der Waals surface area contributed by atoms with Crippen LogP contribution in [0.2, 0.25) is 0 Å². The van der Waals surface area contributed by atoms with E-state index in [1.165, 1.54) is 0 Å². The van der Waals surface area contributed by atoms with E-state index in [0.29, 0.717) is 30.7 Å². The van der Waals surface area contributed by atoms with Gasteiger partial charge in [-0.25, -0.2) is 0 Å². The fourth-order valence-electron chi connectivity index (χ4n) is 1.35. The molecule has 0 radical (unpaired) electrons. The second-order valence-electron chi connectivity index (χ2n) is 3.34. The summed E-state index contributed by atoms with van der Waals surface area (Å²) in [5.41, 5.74) is 0. The van der Waals surface area contributed by atoms with Crippen LogP contribution in [-0.4, -0.2) is 29.7 Å². The molecule has 4 nitrogen and oxygen atoms in total. The molecular weight excluding hydrogens is 323 g/mol. The fraction of sp³-hybridized carbons (Fsp3) is 0.364. The summed E-state index contributed by atoms with van der Waals surface area (Å²) in [6, 6.07) is 7.07. The third-order valence-electron chi connectivity index (χ3n) is 2.27. The van der Waals surface area contributed by atoms with Crippen LogP contribution in [-0.2, 0) is 9.53 Å². The number of carbonyl (C=O) groups is 1. The number of rotatable bonds is 6. The summed E-state index contributed by atoms with van der Waals surface area (Å²) in [6.45, 7) is 0.885. The summed E-state index contributed by atoms with van der Waals surface area (Å²) in [7, 11) is 0. The number of epoxide rings is 1. The highest BCUT2D eigenvalue weighted by Crippen LogP contribution is 2.29. The van der Waals surface area contributed by atoms with Crippen LogP contribution >= 0.6 is 22.6 Å². The molecule has 0 N–H and O–H groups in total. The van der Waals surface area contributed by atoms with E-state index in [9.17, 15) is 4.79 Å². The molecule has 0 bridgehead atoms. The van der Waals surface area contributed by atoms with Crippen molar-refractivity contribution < 1.29 is 19.0 Å². The average molecular weight is 334 g/mol. The molecule has 0 amide bonds. The molecule has 5 heteroatoms. The normalized spacial score (nSPS) is 22.6. The largest absolute Gasteiger partial charge is 0.487 e. The Morgan fingerprint density at radius 3 is 2.69 bits per heavy atom. The fourth-order valence-corrected chi connectivity index (χ4v) is 2.13. The number of benzene rings is 1. The minimum absolute atomic E-state index is 0.168. The molecule has 0 unspecified atom stereocenters. The number of ether oxygens (including phenoxy) is 3.